The van der Waals surface area contributed by atoms with Gasteiger partial charge in [0.25, 0.3) is 0 Å². The van der Waals surface area contributed by atoms with E-state index in [1.54, 1.807) is 5.57 Å². The van der Waals surface area contributed by atoms with Gasteiger partial charge in [-0.1, -0.05) is 30.7 Å². The van der Waals surface area contributed by atoms with Crippen LogP contribution in [0.25, 0.3) is 0 Å². The van der Waals surface area contributed by atoms with Crippen LogP contribution >= 0.6 is 0 Å². The third kappa shape index (κ3) is 1.48. The molecule has 3 aliphatic carbocycles. The fourth-order valence-corrected chi connectivity index (χ4v) is 4.05. The number of hydrogen-bond acceptors (Lipinski definition) is 1. The SMILES string of the molecule is C[C@@H](O)[C@@H](C)/C=C1\CC2CC1[C@@H]1C=CC[C@H]21. The molecule has 2 fully saturated rings. The topological polar surface area (TPSA) is 20.2 Å². The highest BCUT2D eigenvalue weighted by Crippen LogP contribution is 2.58. The molecule has 0 aromatic heterocycles. The summed E-state index contributed by atoms with van der Waals surface area (Å²) in [5.41, 5.74) is 1.64. The normalized spacial score (nSPS) is 46.3. The van der Waals surface area contributed by atoms with Gasteiger partial charge in [-0.15, -0.1) is 0 Å². The molecule has 0 amide bonds. The maximum absolute atomic E-state index is 9.58. The summed E-state index contributed by atoms with van der Waals surface area (Å²) in [5, 5.41) is 9.58. The van der Waals surface area contributed by atoms with E-state index in [4.69, 9.17) is 0 Å². The number of rotatable bonds is 2. The van der Waals surface area contributed by atoms with Crippen LogP contribution in [0.15, 0.2) is 23.8 Å². The Hall–Kier alpha value is -0.560. The monoisotopic (exact) mass is 218 g/mol. The molecule has 0 aromatic rings. The summed E-state index contributed by atoms with van der Waals surface area (Å²) in [6.07, 6.45) is 11.0. The van der Waals surface area contributed by atoms with E-state index in [1.165, 1.54) is 19.3 Å². The Kier molecular flexibility index (Phi) is 2.47. The van der Waals surface area contributed by atoms with Crippen LogP contribution in [-0.4, -0.2) is 11.2 Å². The summed E-state index contributed by atoms with van der Waals surface area (Å²) in [6, 6.07) is 0. The van der Waals surface area contributed by atoms with E-state index in [0.29, 0.717) is 5.92 Å². The minimum atomic E-state index is -0.207. The lowest BCUT2D eigenvalue weighted by molar-refractivity contribution is 0.156. The largest absolute Gasteiger partial charge is 0.393 e. The summed E-state index contributed by atoms with van der Waals surface area (Å²) >= 11 is 0. The molecule has 2 unspecified atom stereocenters. The summed E-state index contributed by atoms with van der Waals surface area (Å²) < 4.78 is 0. The minimum Gasteiger partial charge on any atom is -0.393 e. The molecule has 3 aliphatic rings. The van der Waals surface area contributed by atoms with E-state index in [2.05, 4.69) is 25.2 Å². The lowest BCUT2D eigenvalue weighted by Gasteiger charge is -2.27. The van der Waals surface area contributed by atoms with E-state index < -0.39 is 0 Å². The average molecular weight is 218 g/mol. The van der Waals surface area contributed by atoms with Crippen molar-refractivity contribution in [2.24, 2.45) is 29.6 Å². The average Bonchev–Trinajstić information content (AvgIpc) is 2.87. The molecule has 1 heteroatoms. The van der Waals surface area contributed by atoms with Gasteiger partial charge in [0.05, 0.1) is 6.10 Å². The van der Waals surface area contributed by atoms with Gasteiger partial charge in [-0.05, 0) is 55.8 Å². The lowest BCUT2D eigenvalue weighted by Crippen LogP contribution is -2.20. The van der Waals surface area contributed by atoms with Crippen molar-refractivity contribution in [1.82, 2.24) is 0 Å². The maximum atomic E-state index is 9.58. The summed E-state index contributed by atoms with van der Waals surface area (Å²) in [5.74, 6) is 3.88. The van der Waals surface area contributed by atoms with Crippen molar-refractivity contribution in [2.45, 2.75) is 39.2 Å². The zero-order valence-corrected chi connectivity index (χ0v) is 10.3. The van der Waals surface area contributed by atoms with Crippen molar-refractivity contribution < 1.29 is 5.11 Å². The zero-order valence-electron chi connectivity index (χ0n) is 10.3. The first-order valence-electron chi connectivity index (χ1n) is 6.72. The molecule has 3 rings (SSSR count). The van der Waals surface area contributed by atoms with Crippen molar-refractivity contribution >= 4 is 0 Å². The van der Waals surface area contributed by atoms with E-state index in [0.717, 1.165) is 23.7 Å². The molecule has 16 heavy (non-hydrogen) atoms. The second-order valence-electron chi connectivity index (χ2n) is 6.05. The highest BCUT2D eigenvalue weighted by molar-refractivity contribution is 5.27. The predicted octanol–water partition coefficient (Wildman–Crippen LogP) is 3.16. The molecule has 1 N–H and O–H groups in total. The Morgan fingerprint density at radius 2 is 2.25 bits per heavy atom. The van der Waals surface area contributed by atoms with Crippen molar-refractivity contribution in [2.75, 3.05) is 0 Å². The Morgan fingerprint density at radius 1 is 1.44 bits per heavy atom. The summed E-state index contributed by atoms with van der Waals surface area (Å²) in [4.78, 5) is 0. The number of hydrogen-bond donors (Lipinski definition) is 1. The molecule has 1 nitrogen and oxygen atoms in total. The van der Waals surface area contributed by atoms with Gasteiger partial charge in [0.2, 0.25) is 0 Å². The van der Waals surface area contributed by atoms with Crippen LogP contribution in [0.4, 0.5) is 0 Å². The summed E-state index contributed by atoms with van der Waals surface area (Å²) in [7, 11) is 0. The molecule has 0 aromatic carbocycles. The van der Waals surface area contributed by atoms with Gasteiger partial charge in [0.15, 0.2) is 0 Å². The van der Waals surface area contributed by atoms with Gasteiger partial charge >= 0.3 is 0 Å². The zero-order chi connectivity index (χ0) is 11.3. The van der Waals surface area contributed by atoms with Crippen molar-refractivity contribution in [3.63, 3.8) is 0 Å². The van der Waals surface area contributed by atoms with Crippen LogP contribution in [0.2, 0.25) is 0 Å². The fourth-order valence-electron chi connectivity index (χ4n) is 4.05. The Balaban J connectivity index is 1.79. The predicted molar refractivity (Wildman–Crippen MR) is 65.9 cm³/mol. The first kappa shape index (κ1) is 10.6. The molecular weight excluding hydrogens is 196 g/mol. The molecular formula is C15H22O. The van der Waals surface area contributed by atoms with Gasteiger partial charge in [0, 0.05) is 0 Å². The molecule has 0 radical (unpaired) electrons. The summed E-state index contributed by atoms with van der Waals surface area (Å²) in [6.45, 7) is 4.03. The van der Waals surface area contributed by atoms with Crippen LogP contribution in [-0.2, 0) is 0 Å². The van der Waals surface area contributed by atoms with Gasteiger partial charge in [-0.25, -0.2) is 0 Å². The van der Waals surface area contributed by atoms with E-state index in [1.807, 2.05) is 6.92 Å². The van der Waals surface area contributed by atoms with Crippen LogP contribution in [0.5, 0.6) is 0 Å². The van der Waals surface area contributed by atoms with E-state index in [-0.39, 0.29) is 6.10 Å². The molecule has 2 saturated carbocycles. The van der Waals surface area contributed by atoms with Crippen LogP contribution in [0.3, 0.4) is 0 Å². The molecule has 0 spiro atoms. The first-order valence-corrected chi connectivity index (χ1v) is 6.72. The van der Waals surface area contributed by atoms with Crippen LogP contribution in [0, 0.1) is 29.6 Å². The Morgan fingerprint density at radius 3 is 3.00 bits per heavy atom. The van der Waals surface area contributed by atoms with Gasteiger partial charge in [0.1, 0.15) is 0 Å². The second kappa shape index (κ2) is 3.73. The Bertz CT molecular complexity index is 339. The van der Waals surface area contributed by atoms with Crippen molar-refractivity contribution in [1.29, 1.82) is 0 Å². The highest BCUT2D eigenvalue weighted by Gasteiger charge is 2.49. The fraction of sp³-hybridized carbons (Fsp3) is 0.733. The molecule has 0 heterocycles. The lowest BCUT2D eigenvalue weighted by atomic mass is 9.78. The van der Waals surface area contributed by atoms with E-state index in [9.17, 15) is 5.11 Å². The van der Waals surface area contributed by atoms with Crippen molar-refractivity contribution in [3.8, 4) is 0 Å². The standard InChI is InChI=1S/C15H22O/c1-9(10(2)16)6-11-7-12-8-15(11)14-5-3-4-13(12)14/h3,5-6,9-10,12-16H,4,7-8H2,1-2H3/b11-6+/t9-,10+,12?,13+,14+,15?/m0/s1. The Labute approximate surface area is 98.2 Å². The number of fused-ring (bicyclic) bond motifs is 5. The first-order chi connectivity index (χ1) is 7.66. The van der Waals surface area contributed by atoms with Crippen molar-refractivity contribution in [3.05, 3.63) is 23.8 Å². The number of aliphatic hydroxyl groups excluding tert-OH is 1. The smallest absolute Gasteiger partial charge is 0.0572 e. The molecule has 2 bridgehead atoms. The molecule has 0 saturated heterocycles. The second-order valence-corrected chi connectivity index (χ2v) is 6.05. The highest BCUT2D eigenvalue weighted by atomic mass is 16.3. The molecule has 6 atom stereocenters. The molecule has 0 aliphatic heterocycles. The van der Waals surface area contributed by atoms with E-state index >= 15 is 0 Å². The quantitative estimate of drug-likeness (QED) is 0.706. The van der Waals surface area contributed by atoms with Gasteiger partial charge in [-0.3, -0.25) is 0 Å². The maximum Gasteiger partial charge on any atom is 0.0572 e. The van der Waals surface area contributed by atoms with Gasteiger partial charge < -0.3 is 5.11 Å². The third-order valence-corrected chi connectivity index (χ3v) is 5.10. The third-order valence-electron chi connectivity index (χ3n) is 5.10. The van der Waals surface area contributed by atoms with Gasteiger partial charge in [-0.2, -0.15) is 0 Å². The molecule has 88 valence electrons. The number of aliphatic hydroxyl groups is 1. The van der Waals surface area contributed by atoms with Crippen LogP contribution in [0.1, 0.15) is 33.1 Å². The van der Waals surface area contributed by atoms with Crippen LogP contribution < -0.4 is 0 Å². The number of allylic oxidation sites excluding steroid dienone is 3. The minimum absolute atomic E-state index is 0.207.